The van der Waals surface area contributed by atoms with Crippen LogP contribution in [-0.2, 0) is 9.59 Å². The number of carbonyl (C=O) groups excluding carboxylic acids is 3. The second-order valence-electron chi connectivity index (χ2n) is 7.26. The number of nitrogens with zero attached hydrogens (tertiary/aromatic N) is 1. The Morgan fingerprint density at radius 3 is 2.54 bits per heavy atom. The molecule has 2 aromatic rings. The molecule has 1 saturated heterocycles. The number of carbonyl (C=O) groups is 3. The lowest BCUT2D eigenvalue weighted by Crippen LogP contribution is -2.35. The fourth-order valence-electron chi connectivity index (χ4n) is 3.86. The summed E-state index contributed by atoms with van der Waals surface area (Å²) in [6, 6.07) is 10.5. The normalized spacial score (nSPS) is 19.8. The molecule has 1 aliphatic carbocycles. The zero-order valence-corrected chi connectivity index (χ0v) is 16.2. The molecule has 1 unspecified atom stereocenters. The van der Waals surface area contributed by atoms with E-state index in [-0.39, 0.29) is 30.2 Å². The number of benzene rings is 1. The number of esters is 1. The average molecular weight is 398 g/mol. The highest BCUT2D eigenvalue weighted by molar-refractivity contribution is 7.12. The van der Waals surface area contributed by atoms with Crippen LogP contribution in [0.1, 0.15) is 41.8 Å². The third-order valence-electron chi connectivity index (χ3n) is 5.33. The number of rotatable bonds is 5. The summed E-state index contributed by atoms with van der Waals surface area (Å²) in [6.45, 7) is 0.456. The summed E-state index contributed by atoms with van der Waals surface area (Å²) < 4.78 is 5.46. The standard InChI is InChI=1S/C21H22N2O4S/c24-19-12-14(13-23(19)16-4-1-2-5-16)21(26)27-17-9-7-15(8-10-17)22-20(25)18-6-3-11-28-18/h3,6-11,14,16H,1-2,4-5,12-13H2,(H,22,25). The Hall–Kier alpha value is -2.67. The molecule has 0 bridgehead atoms. The fourth-order valence-corrected chi connectivity index (χ4v) is 4.48. The van der Waals surface area contributed by atoms with Gasteiger partial charge in [-0.2, -0.15) is 0 Å². The van der Waals surface area contributed by atoms with Gasteiger partial charge in [-0.3, -0.25) is 14.4 Å². The van der Waals surface area contributed by atoms with Gasteiger partial charge in [0, 0.05) is 24.7 Å². The van der Waals surface area contributed by atoms with Crippen molar-refractivity contribution < 1.29 is 19.1 Å². The molecule has 6 nitrogen and oxygen atoms in total. The Morgan fingerprint density at radius 1 is 1.11 bits per heavy atom. The van der Waals surface area contributed by atoms with E-state index in [1.54, 1.807) is 30.3 Å². The lowest BCUT2D eigenvalue weighted by atomic mass is 10.1. The Labute approximate surface area is 167 Å². The van der Waals surface area contributed by atoms with E-state index >= 15 is 0 Å². The quantitative estimate of drug-likeness (QED) is 0.616. The monoisotopic (exact) mass is 398 g/mol. The Balaban J connectivity index is 1.32. The van der Waals surface area contributed by atoms with Crippen LogP contribution < -0.4 is 10.1 Å². The van der Waals surface area contributed by atoms with Crippen molar-refractivity contribution in [2.24, 2.45) is 5.92 Å². The molecule has 1 aromatic carbocycles. The summed E-state index contributed by atoms with van der Waals surface area (Å²) in [7, 11) is 0. The summed E-state index contributed by atoms with van der Waals surface area (Å²) in [5, 5.41) is 4.65. The number of hydrogen-bond donors (Lipinski definition) is 1. The molecule has 1 N–H and O–H groups in total. The van der Waals surface area contributed by atoms with E-state index < -0.39 is 5.92 Å². The number of hydrogen-bond acceptors (Lipinski definition) is 5. The van der Waals surface area contributed by atoms with Crippen LogP contribution in [-0.4, -0.2) is 35.3 Å². The Bertz CT molecular complexity index is 857. The van der Waals surface area contributed by atoms with Gasteiger partial charge in [0.25, 0.3) is 5.91 Å². The number of thiophene rings is 1. The summed E-state index contributed by atoms with van der Waals surface area (Å²) in [5.41, 5.74) is 0.627. The minimum atomic E-state index is -0.411. The lowest BCUT2D eigenvalue weighted by molar-refractivity contribution is -0.139. The Morgan fingerprint density at radius 2 is 1.86 bits per heavy atom. The van der Waals surface area contributed by atoms with Crippen LogP contribution in [0.15, 0.2) is 41.8 Å². The van der Waals surface area contributed by atoms with E-state index in [0.717, 1.165) is 25.7 Å². The highest BCUT2D eigenvalue weighted by atomic mass is 32.1. The van der Waals surface area contributed by atoms with Gasteiger partial charge in [0.15, 0.2) is 0 Å². The molecule has 0 radical (unpaired) electrons. The highest BCUT2D eigenvalue weighted by Crippen LogP contribution is 2.30. The van der Waals surface area contributed by atoms with Gasteiger partial charge in [0.2, 0.25) is 5.91 Å². The summed E-state index contributed by atoms with van der Waals surface area (Å²) in [5.74, 6) is -0.488. The molecular formula is C21H22N2O4S. The first-order chi connectivity index (χ1) is 13.6. The predicted molar refractivity (Wildman–Crippen MR) is 106 cm³/mol. The summed E-state index contributed by atoms with van der Waals surface area (Å²) in [4.78, 5) is 39.3. The van der Waals surface area contributed by atoms with Crippen molar-refractivity contribution in [3.63, 3.8) is 0 Å². The van der Waals surface area contributed by atoms with E-state index in [2.05, 4.69) is 5.32 Å². The Kier molecular flexibility index (Phi) is 5.43. The van der Waals surface area contributed by atoms with E-state index in [9.17, 15) is 14.4 Å². The second-order valence-corrected chi connectivity index (χ2v) is 8.21. The van der Waals surface area contributed by atoms with Crippen LogP contribution in [0.4, 0.5) is 5.69 Å². The van der Waals surface area contributed by atoms with E-state index in [4.69, 9.17) is 4.74 Å². The van der Waals surface area contributed by atoms with Crippen molar-refractivity contribution in [3.8, 4) is 5.75 Å². The van der Waals surface area contributed by atoms with Crippen molar-refractivity contribution in [1.82, 2.24) is 4.90 Å². The second kappa shape index (κ2) is 8.14. The first-order valence-electron chi connectivity index (χ1n) is 9.56. The SMILES string of the molecule is O=C(Nc1ccc(OC(=O)C2CC(=O)N(C3CCCC3)C2)cc1)c1cccs1. The van der Waals surface area contributed by atoms with Gasteiger partial charge in [-0.1, -0.05) is 18.9 Å². The van der Waals surface area contributed by atoms with Crippen molar-refractivity contribution in [3.05, 3.63) is 46.7 Å². The van der Waals surface area contributed by atoms with E-state index in [0.29, 0.717) is 22.9 Å². The molecule has 4 rings (SSSR count). The molecule has 2 fully saturated rings. The van der Waals surface area contributed by atoms with Crippen molar-refractivity contribution in [1.29, 1.82) is 0 Å². The summed E-state index contributed by atoms with van der Waals surface area (Å²) >= 11 is 1.37. The van der Waals surface area contributed by atoms with Crippen molar-refractivity contribution in [2.45, 2.75) is 38.1 Å². The lowest BCUT2D eigenvalue weighted by Gasteiger charge is -2.23. The molecule has 1 aliphatic heterocycles. The predicted octanol–water partition coefficient (Wildman–Crippen LogP) is 3.70. The zero-order valence-electron chi connectivity index (χ0n) is 15.4. The van der Waals surface area contributed by atoms with Gasteiger partial charge in [0.1, 0.15) is 5.75 Å². The van der Waals surface area contributed by atoms with Crippen molar-refractivity contribution >= 4 is 34.8 Å². The van der Waals surface area contributed by atoms with Gasteiger partial charge in [0.05, 0.1) is 10.8 Å². The first kappa shape index (κ1) is 18.7. The molecule has 1 saturated carbocycles. The molecule has 2 heterocycles. The molecule has 1 atom stereocenters. The molecule has 146 valence electrons. The van der Waals surface area contributed by atoms with Gasteiger partial charge >= 0.3 is 5.97 Å². The maximum atomic E-state index is 12.5. The largest absolute Gasteiger partial charge is 0.426 e. The highest BCUT2D eigenvalue weighted by Gasteiger charge is 2.39. The van der Waals surface area contributed by atoms with Crippen LogP contribution in [0, 0.1) is 5.92 Å². The van der Waals surface area contributed by atoms with Crippen LogP contribution in [0.2, 0.25) is 0 Å². The van der Waals surface area contributed by atoms with Crippen LogP contribution in [0.5, 0.6) is 5.75 Å². The molecule has 7 heteroatoms. The fraction of sp³-hybridized carbons (Fsp3) is 0.381. The topological polar surface area (TPSA) is 75.7 Å². The first-order valence-corrected chi connectivity index (χ1v) is 10.4. The molecule has 2 amide bonds. The van der Waals surface area contributed by atoms with Crippen LogP contribution in [0.3, 0.4) is 0 Å². The van der Waals surface area contributed by atoms with Gasteiger partial charge < -0.3 is 15.0 Å². The third kappa shape index (κ3) is 4.09. The molecule has 28 heavy (non-hydrogen) atoms. The molecular weight excluding hydrogens is 376 g/mol. The summed E-state index contributed by atoms with van der Waals surface area (Å²) in [6.07, 6.45) is 4.60. The van der Waals surface area contributed by atoms with Crippen LogP contribution >= 0.6 is 11.3 Å². The molecule has 0 spiro atoms. The average Bonchev–Trinajstić information content (AvgIpc) is 3.44. The number of amides is 2. The number of likely N-dealkylation sites (tertiary alicyclic amines) is 1. The molecule has 1 aromatic heterocycles. The number of nitrogens with one attached hydrogen (secondary N) is 1. The zero-order chi connectivity index (χ0) is 19.5. The van der Waals surface area contributed by atoms with Gasteiger partial charge in [-0.25, -0.2) is 0 Å². The maximum absolute atomic E-state index is 12.5. The number of anilines is 1. The van der Waals surface area contributed by atoms with E-state index in [1.807, 2.05) is 16.3 Å². The maximum Gasteiger partial charge on any atom is 0.316 e. The molecule has 2 aliphatic rings. The smallest absolute Gasteiger partial charge is 0.316 e. The number of ether oxygens (including phenoxy) is 1. The minimum Gasteiger partial charge on any atom is -0.426 e. The van der Waals surface area contributed by atoms with Gasteiger partial charge in [-0.15, -0.1) is 11.3 Å². The van der Waals surface area contributed by atoms with E-state index in [1.165, 1.54) is 11.3 Å². The third-order valence-corrected chi connectivity index (χ3v) is 6.20. The van der Waals surface area contributed by atoms with Crippen LogP contribution in [0.25, 0.3) is 0 Å². The van der Waals surface area contributed by atoms with Gasteiger partial charge in [-0.05, 0) is 48.6 Å². The minimum absolute atomic E-state index is 0.0560. The van der Waals surface area contributed by atoms with Crippen molar-refractivity contribution in [2.75, 3.05) is 11.9 Å².